The van der Waals surface area contributed by atoms with Crippen LogP contribution in [0.3, 0.4) is 0 Å². The van der Waals surface area contributed by atoms with Crippen LogP contribution >= 0.6 is 0 Å². The van der Waals surface area contributed by atoms with Crippen molar-refractivity contribution in [3.05, 3.63) is 29.8 Å². The maximum atomic E-state index is 13.1. The van der Waals surface area contributed by atoms with Gasteiger partial charge in [-0.05, 0) is 50.7 Å². The summed E-state index contributed by atoms with van der Waals surface area (Å²) in [4.78, 5) is 31.3. The minimum atomic E-state index is -4.53. The molecule has 0 spiro atoms. The molecule has 9 heteroatoms. The molecule has 176 valence electrons. The van der Waals surface area contributed by atoms with E-state index < -0.39 is 17.6 Å². The topological polar surface area (TPSA) is 55.9 Å². The van der Waals surface area contributed by atoms with Gasteiger partial charge in [0.25, 0.3) is 0 Å². The molecule has 1 heterocycles. The molecule has 3 aliphatic rings. The van der Waals surface area contributed by atoms with E-state index in [9.17, 15) is 22.8 Å². The lowest BCUT2D eigenvalue weighted by Crippen LogP contribution is -2.53. The second-order valence-electron chi connectivity index (χ2n) is 9.23. The van der Waals surface area contributed by atoms with Gasteiger partial charge in [0, 0.05) is 38.3 Å². The van der Waals surface area contributed by atoms with Crippen LogP contribution in [0.15, 0.2) is 24.3 Å². The normalized spacial score (nSPS) is 21.0. The molecule has 3 fully saturated rings. The molecular formula is C23H31F3N4O2. The zero-order chi connectivity index (χ0) is 22.9. The largest absolute Gasteiger partial charge is 0.418 e. The number of para-hydroxylation sites is 1. The second-order valence-corrected chi connectivity index (χ2v) is 9.23. The van der Waals surface area contributed by atoms with Crippen LogP contribution < -0.4 is 5.32 Å². The van der Waals surface area contributed by atoms with E-state index in [0.29, 0.717) is 44.8 Å². The van der Waals surface area contributed by atoms with E-state index >= 15 is 0 Å². The highest BCUT2D eigenvalue weighted by Crippen LogP contribution is 2.39. The molecule has 1 aromatic carbocycles. The lowest BCUT2D eigenvalue weighted by molar-refractivity contribution is -0.137. The number of amides is 2. The van der Waals surface area contributed by atoms with Crippen molar-refractivity contribution in [2.45, 2.75) is 50.9 Å². The first kappa shape index (κ1) is 23.0. The number of halogens is 3. The van der Waals surface area contributed by atoms with Gasteiger partial charge < -0.3 is 10.2 Å². The van der Waals surface area contributed by atoms with Crippen molar-refractivity contribution in [2.24, 2.45) is 5.92 Å². The highest BCUT2D eigenvalue weighted by atomic mass is 19.4. The van der Waals surface area contributed by atoms with Gasteiger partial charge in [-0.15, -0.1) is 0 Å². The van der Waals surface area contributed by atoms with E-state index in [-0.39, 0.29) is 18.1 Å². The number of hydrogen-bond acceptors (Lipinski definition) is 4. The van der Waals surface area contributed by atoms with Gasteiger partial charge in [-0.2, -0.15) is 13.2 Å². The average Bonchev–Trinajstić information content (AvgIpc) is 3.64. The number of carbonyl (C=O) groups is 2. The summed E-state index contributed by atoms with van der Waals surface area (Å²) in [6.07, 6.45) is 0.329. The average molecular weight is 453 g/mol. The van der Waals surface area contributed by atoms with Gasteiger partial charge in [-0.3, -0.25) is 19.4 Å². The summed E-state index contributed by atoms with van der Waals surface area (Å²) in [6, 6.07) is 5.96. The van der Waals surface area contributed by atoms with Crippen LogP contribution in [0.4, 0.5) is 18.9 Å². The number of rotatable bonds is 8. The first-order chi connectivity index (χ1) is 15.2. The minimum absolute atomic E-state index is 0.00113. The van der Waals surface area contributed by atoms with E-state index in [1.54, 1.807) is 0 Å². The van der Waals surface area contributed by atoms with Crippen LogP contribution in [-0.2, 0) is 15.8 Å². The summed E-state index contributed by atoms with van der Waals surface area (Å²) < 4.78 is 39.3. The van der Waals surface area contributed by atoms with Gasteiger partial charge in [0.2, 0.25) is 11.8 Å². The fraction of sp³-hybridized carbons (Fsp3) is 0.652. The molecular weight excluding hydrogens is 421 g/mol. The van der Waals surface area contributed by atoms with Gasteiger partial charge in [0.15, 0.2) is 0 Å². The van der Waals surface area contributed by atoms with Crippen molar-refractivity contribution >= 4 is 17.5 Å². The summed E-state index contributed by atoms with van der Waals surface area (Å²) in [5.41, 5.74) is -1.09. The molecule has 0 radical (unpaired) electrons. The quantitative estimate of drug-likeness (QED) is 0.659. The maximum Gasteiger partial charge on any atom is 0.418 e. The van der Waals surface area contributed by atoms with Crippen LogP contribution in [0.2, 0.25) is 0 Å². The molecule has 1 aromatic rings. The summed E-state index contributed by atoms with van der Waals surface area (Å²) in [5.74, 6) is 0.369. The van der Waals surface area contributed by atoms with Gasteiger partial charge in [0.05, 0.1) is 24.3 Å². The molecule has 4 rings (SSSR count). The zero-order valence-electron chi connectivity index (χ0n) is 18.4. The van der Waals surface area contributed by atoms with Gasteiger partial charge in [-0.25, -0.2) is 0 Å². The zero-order valence-corrected chi connectivity index (χ0v) is 18.4. The number of nitrogens with one attached hydrogen (secondary N) is 1. The van der Waals surface area contributed by atoms with Crippen LogP contribution in [0.1, 0.15) is 38.2 Å². The SMILES string of the molecule is CC(C1CC1)N(CC(=O)N1CCN(CC(=O)Nc2ccccc2C(F)(F)F)CC1)C1CC1. The Morgan fingerprint density at radius 2 is 1.75 bits per heavy atom. The fourth-order valence-corrected chi connectivity index (χ4v) is 4.50. The first-order valence-electron chi connectivity index (χ1n) is 11.4. The van der Waals surface area contributed by atoms with Crippen LogP contribution in [-0.4, -0.2) is 77.9 Å². The molecule has 1 N–H and O–H groups in total. The Morgan fingerprint density at radius 3 is 2.34 bits per heavy atom. The molecule has 1 atom stereocenters. The third kappa shape index (κ3) is 5.81. The Balaban J connectivity index is 1.24. The molecule has 1 unspecified atom stereocenters. The number of hydrogen-bond donors (Lipinski definition) is 1. The van der Waals surface area contributed by atoms with E-state index in [1.165, 1.54) is 43.9 Å². The number of alkyl halides is 3. The smallest absolute Gasteiger partial charge is 0.339 e. The molecule has 2 aliphatic carbocycles. The Hall–Kier alpha value is -2.13. The third-order valence-electron chi connectivity index (χ3n) is 6.76. The fourth-order valence-electron chi connectivity index (χ4n) is 4.50. The summed E-state index contributed by atoms with van der Waals surface area (Å²) in [5, 5.41) is 2.38. The molecule has 1 aliphatic heterocycles. The molecule has 2 saturated carbocycles. The number of piperazine rings is 1. The van der Waals surface area contributed by atoms with Crippen molar-refractivity contribution < 1.29 is 22.8 Å². The van der Waals surface area contributed by atoms with Crippen molar-refractivity contribution in [1.29, 1.82) is 0 Å². The van der Waals surface area contributed by atoms with Crippen LogP contribution in [0.25, 0.3) is 0 Å². The standard InChI is InChI=1S/C23H31F3N4O2/c1-16(17-6-7-17)30(18-8-9-18)15-22(32)29-12-10-28(11-13-29)14-21(31)27-20-5-3-2-4-19(20)23(24,25)26/h2-5,16-18H,6-15H2,1H3,(H,27,31). The number of nitrogens with zero attached hydrogens (tertiary/aromatic N) is 3. The first-order valence-corrected chi connectivity index (χ1v) is 11.4. The van der Waals surface area contributed by atoms with Gasteiger partial charge in [0.1, 0.15) is 0 Å². The van der Waals surface area contributed by atoms with Crippen molar-refractivity contribution in [2.75, 3.05) is 44.6 Å². The van der Waals surface area contributed by atoms with Crippen LogP contribution in [0.5, 0.6) is 0 Å². The summed E-state index contributed by atoms with van der Waals surface area (Å²) >= 11 is 0. The number of carbonyl (C=O) groups excluding carboxylic acids is 2. The lowest BCUT2D eigenvalue weighted by atomic mass is 10.1. The Bertz CT molecular complexity index is 831. The highest BCUT2D eigenvalue weighted by Gasteiger charge is 2.40. The van der Waals surface area contributed by atoms with Crippen LogP contribution in [0, 0.1) is 5.92 Å². The third-order valence-corrected chi connectivity index (χ3v) is 6.76. The summed E-state index contributed by atoms with van der Waals surface area (Å²) in [6.45, 7) is 4.81. The van der Waals surface area contributed by atoms with Gasteiger partial charge in [-0.1, -0.05) is 12.1 Å². The molecule has 32 heavy (non-hydrogen) atoms. The minimum Gasteiger partial charge on any atom is -0.339 e. The number of anilines is 1. The van der Waals surface area contributed by atoms with E-state index in [2.05, 4.69) is 17.1 Å². The molecule has 2 amide bonds. The maximum absolute atomic E-state index is 13.1. The van der Waals surface area contributed by atoms with Crippen molar-refractivity contribution in [1.82, 2.24) is 14.7 Å². The molecule has 0 aromatic heterocycles. The van der Waals surface area contributed by atoms with Gasteiger partial charge >= 0.3 is 6.18 Å². The number of benzene rings is 1. The highest BCUT2D eigenvalue weighted by molar-refractivity contribution is 5.93. The second kappa shape index (κ2) is 9.39. The molecule has 1 saturated heterocycles. The Labute approximate surface area is 186 Å². The predicted molar refractivity (Wildman–Crippen MR) is 115 cm³/mol. The Kier molecular flexibility index (Phi) is 6.76. The molecule has 0 bridgehead atoms. The van der Waals surface area contributed by atoms with E-state index in [1.807, 2.05) is 9.80 Å². The van der Waals surface area contributed by atoms with Crippen molar-refractivity contribution in [3.8, 4) is 0 Å². The molecule has 6 nitrogen and oxygen atoms in total. The predicted octanol–water partition coefficient (Wildman–Crippen LogP) is 3.05. The van der Waals surface area contributed by atoms with Crippen molar-refractivity contribution in [3.63, 3.8) is 0 Å². The van der Waals surface area contributed by atoms with E-state index in [0.717, 1.165) is 12.0 Å². The lowest BCUT2D eigenvalue weighted by Gasteiger charge is -2.36. The monoisotopic (exact) mass is 452 g/mol. The van der Waals surface area contributed by atoms with E-state index in [4.69, 9.17) is 0 Å². The Morgan fingerprint density at radius 1 is 1.09 bits per heavy atom. The summed E-state index contributed by atoms with van der Waals surface area (Å²) in [7, 11) is 0.